The highest BCUT2D eigenvalue weighted by atomic mass is 32.1. The first-order valence-corrected chi connectivity index (χ1v) is 6.70. The molecule has 2 rings (SSSR count). The number of aryl methyl sites for hydroxylation is 1. The minimum atomic E-state index is 0.394. The van der Waals surface area contributed by atoms with E-state index < -0.39 is 0 Å². The van der Waals surface area contributed by atoms with Gasteiger partial charge in [0.05, 0.1) is 22.7 Å². The average Bonchev–Trinajstić information content (AvgIpc) is 2.92. The fourth-order valence-corrected chi connectivity index (χ4v) is 2.43. The van der Waals surface area contributed by atoms with Gasteiger partial charge in [0.15, 0.2) is 0 Å². The normalized spacial score (nSPS) is 9.63. The van der Waals surface area contributed by atoms with Crippen molar-refractivity contribution in [2.45, 2.75) is 19.9 Å². The van der Waals surface area contributed by atoms with Gasteiger partial charge < -0.3 is 5.32 Å². The molecule has 0 saturated heterocycles. The van der Waals surface area contributed by atoms with Gasteiger partial charge in [0, 0.05) is 16.8 Å². The van der Waals surface area contributed by atoms with E-state index in [9.17, 15) is 0 Å². The number of nitrogens with one attached hydrogen (secondary N) is 1. The fraction of sp³-hybridized carbons (Fsp3) is 0.214. The minimum absolute atomic E-state index is 0.394. The first-order chi connectivity index (χ1) is 9.26. The summed E-state index contributed by atoms with van der Waals surface area (Å²) >= 11 is 1.68. The lowest BCUT2D eigenvalue weighted by Gasteiger charge is -2.05. The Labute approximate surface area is 116 Å². The highest BCUT2D eigenvalue weighted by Gasteiger charge is 2.04. The van der Waals surface area contributed by atoms with Crippen molar-refractivity contribution in [2.24, 2.45) is 0 Å². The lowest BCUT2D eigenvalue weighted by atomic mass is 10.1. The molecule has 1 N–H and O–H groups in total. The molecule has 0 atom stereocenters. The molecule has 0 saturated carbocycles. The van der Waals surface area contributed by atoms with E-state index in [4.69, 9.17) is 10.5 Å². The molecule has 0 amide bonds. The fourth-order valence-electron chi connectivity index (χ4n) is 1.63. The molecular weight excluding hydrogens is 256 g/mol. The van der Waals surface area contributed by atoms with Crippen molar-refractivity contribution >= 4 is 17.0 Å². The average molecular weight is 268 g/mol. The van der Waals surface area contributed by atoms with Gasteiger partial charge in [-0.1, -0.05) is 6.92 Å². The van der Waals surface area contributed by atoms with Crippen LogP contribution in [0.4, 0.5) is 5.69 Å². The molecule has 0 aliphatic carbocycles. The number of nitrogens with zero attached hydrogens (tertiary/aromatic N) is 3. The van der Waals surface area contributed by atoms with Crippen LogP contribution in [0.5, 0.6) is 0 Å². The maximum absolute atomic E-state index is 8.96. The van der Waals surface area contributed by atoms with Crippen molar-refractivity contribution in [1.29, 1.82) is 10.5 Å². The Morgan fingerprint density at radius 2 is 2.05 bits per heavy atom. The highest BCUT2D eigenvalue weighted by Crippen LogP contribution is 2.18. The quantitative estimate of drug-likeness (QED) is 0.925. The standard InChI is InChI=1S/C14H12N4S/c1-2-14-18-9-13(19-14)8-17-12-4-3-10(6-15)11(5-12)7-16/h3-5,9,17H,2,8H2,1H3. The van der Waals surface area contributed by atoms with Crippen LogP contribution in [0.15, 0.2) is 24.4 Å². The topological polar surface area (TPSA) is 72.5 Å². The number of thiazole rings is 1. The van der Waals surface area contributed by atoms with E-state index in [2.05, 4.69) is 17.2 Å². The van der Waals surface area contributed by atoms with Crippen LogP contribution in [0, 0.1) is 22.7 Å². The Balaban J connectivity index is 2.08. The molecular formula is C14H12N4S. The zero-order valence-electron chi connectivity index (χ0n) is 10.5. The lowest BCUT2D eigenvalue weighted by molar-refractivity contribution is 1.09. The largest absolute Gasteiger partial charge is 0.380 e. The van der Waals surface area contributed by atoms with Crippen molar-refractivity contribution in [2.75, 3.05) is 5.32 Å². The summed E-state index contributed by atoms with van der Waals surface area (Å²) in [6.07, 6.45) is 2.81. The van der Waals surface area contributed by atoms with Gasteiger partial charge in [-0.2, -0.15) is 10.5 Å². The van der Waals surface area contributed by atoms with Crippen LogP contribution in [-0.4, -0.2) is 4.98 Å². The van der Waals surface area contributed by atoms with E-state index >= 15 is 0 Å². The van der Waals surface area contributed by atoms with Crippen molar-refractivity contribution in [3.05, 3.63) is 45.4 Å². The molecule has 94 valence electrons. The zero-order valence-corrected chi connectivity index (χ0v) is 11.3. The monoisotopic (exact) mass is 268 g/mol. The van der Waals surface area contributed by atoms with Crippen LogP contribution < -0.4 is 5.32 Å². The van der Waals surface area contributed by atoms with E-state index in [1.807, 2.05) is 18.3 Å². The van der Waals surface area contributed by atoms with Gasteiger partial charge in [0.25, 0.3) is 0 Å². The van der Waals surface area contributed by atoms with Crippen LogP contribution >= 0.6 is 11.3 Å². The van der Waals surface area contributed by atoms with Gasteiger partial charge in [-0.05, 0) is 24.6 Å². The lowest BCUT2D eigenvalue weighted by Crippen LogP contribution is -1.98. The Hall–Kier alpha value is -2.37. The second-order valence-corrected chi connectivity index (χ2v) is 5.11. The molecule has 0 fully saturated rings. The molecule has 0 aliphatic heterocycles. The molecule has 0 radical (unpaired) electrons. The Bertz CT molecular complexity index is 661. The van der Waals surface area contributed by atoms with E-state index in [0.29, 0.717) is 17.7 Å². The van der Waals surface area contributed by atoms with Gasteiger partial charge >= 0.3 is 0 Å². The molecule has 2 aromatic rings. The van der Waals surface area contributed by atoms with Crippen LogP contribution in [0.3, 0.4) is 0 Å². The Morgan fingerprint density at radius 3 is 2.68 bits per heavy atom. The summed E-state index contributed by atoms with van der Waals surface area (Å²) in [7, 11) is 0. The second-order valence-electron chi connectivity index (χ2n) is 3.91. The third-order valence-corrected chi connectivity index (χ3v) is 3.77. The van der Waals surface area contributed by atoms with Crippen LogP contribution in [0.25, 0.3) is 0 Å². The third kappa shape index (κ3) is 3.09. The number of nitriles is 2. The van der Waals surface area contributed by atoms with E-state index in [0.717, 1.165) is 22.0 Å². The molecule has 1 aromatic carbocycles. The minimum Gasteiger partial charge on any atom is -0.380 e. The van der Waals surface area contributed by atoms with Gasteiger partial charge in [-0.15, -0.1) is 11.3 Å². The molecule has 1 aromatic heterocycles. The zero-order chi connectivity index (χ0) is 13.7. The van der Waals surface area contributed by atoms with E-state index in [-0.39, 0.29) is 0 Å². The first-order valence-electron chi connectivity index (χ1n) is 5.88. The summed E-state index contributed by atoms with van der Waals surface area (Å²) in [6.45, 7) is 2.75. The van der Waals surface area contributed by atoms with Crippen molar-refractivity contribution in [3.63, 3.8) is 0 Å². The second kappa shape index (κ2) is 5.99. The number of aromatic nitrogens is 1. The Morgan fingerprint density at radius 1 is 1.26 bits per heavy atom. The molecule has 0 aliphatic rings. The number of anilines is 1. The molecule has 0 spiro atoms. The molecule has 1 heterocycles. The van der Waals surface area contributed by atoms with Crippen molar-refractivity contribution in [3.8, 4) is 12.1 Å². The highest BCUT2D eigenvalue weighted by molar-refractivity contribution is 7.11. The molecule has 4 nitrogen and oxygen atoms in total. The predicted octanol–water partition coefficient (Wildman–Crippen LogP) is 3.06. The molecule has 0 bridgehead atoms. The van der Waals surface area contributed by atoms with E-state index in [1.165, 1.54) is 0 Å². The van der Waals surface area contributed by atoms with Crippen LogP contribution in [-0.2, 0) is 13.0 Å². The summed E-state index contributed by atoms with van der Waals surface area (Å²) in [4.78, 5) is 5.44. The van der Waals surface area contributed by atoms with Crippen molar-refractivity contribution < 1.29 is 0 Å². The maximum Gasteiger partial charge on any atom is 0.101 e. The number of rotatable bonds is 4. The molecule has 19 heavy (non-hydrogen) atoms. The van der Waals surface area contributed by atoms with Crippen LogP contribution in [0.1, 0.15) is 27.9 Å². The number of hydrogen-bond donors (Lipinski definition) is 1. The third-order valence-electron chi connectivity index (χ3n) is 2.63. The summed E-state index contributed by atoms with van der Waals surface area (Å²) in [5.74, 6) is 0. The van der Waals surface area contributed by atoms with Crippen LogP contribution in [0.2, 0.25) is 0 Å². The van der Waals surface area contributed by atoms with Gasteiger partial charge in [-0.3, -0.25) is 0 Å². The molecule has 0 unspecified atom stereocenters. The summed E-state index contributed by atoms with van der Waals surface area (Å²) in [6, 6.07) is 9.19. The SMILES string of the molecule is CCc1ncc(CNc2ccc(C#N)c(C#N)c2)s1. The number of hydrogen-bond acceptors (Lipinski definition) is 5. The summed E-state index contributed by atoms with van der Waals surface area (Å²) < 4.78 is 0. The summed E-state index contributed by atoms with van der Waals surface area (Å²) in [5, 5.41) is 22.2. The predicted molar refractivity (Wildman–Crippen MR) is 74.7 cm³/mol. The van der Waals surface area contributed by atoms with Gasteiger partial charge in [-0.25, -0.2) is 4.98 Å². The van der Waals surface area contributed by atoms with E-state index in [1.54, 1.807) is 29.5 Å². The number of benzene rings is 1. The summed E-state index contributed by atoms with van der Waals surface area (Å²) in [5.41, 5.74) is 1.63. The smallest absolute Gasteiger partial charge is 0.101 e. The maximum atomic E-state index is 8.96. The van der Waals surface area contributed by atoms with Gasteiger partial charge in [0.1, 0.15) is 12.1 Å². The first kappa shape index (κ1) is 13.1. The van der Waals surface area contributed by atoms with Gasteiger partial charge in [0.2, 0.25) is 0 Å². The Kier molecular flexibility index (Phi) is 4.12. The van der Waals surface area contributed by atoms with Crippen molar-refractivity contribution in [1.82, 2.24) is 4.98 Å². The molecule has 5 heteroatoms.